The summed E-state index contributed by atoms with van der Waals surface area (Å²) in [5, 5.41) is 2.10. The van der Waals surface area contributed by atoms with E-state index >= 15 is 0 Å². The van der Waals surface area contributed by atoms with Crippen molar-refractivity contribution in [1.29, 1.82) is 0 Å². The molecule has 5 nitrogen and oxygen atoms in total. The molecule has 0 saturated heterocycles. The first-order chi connectivity index (χ1) is 14.1. The number of thiophene rings is 1. The van der Waals surface area contributed by atoms with Gasteiger partial charge in [0.25, 0.3) is 0 Å². The quantitative estimate of drug-likeness (QED) is 0.648. The Hall–Kier alpha value is -2.34. The predicted octanol–water partition coefficient (Wildman–Crippen LogP) is 4.27. The standard InChI is InChI=1S/C23H30N2O3S/c1-4-6-13-24(21(26)5-2)16-22(27)25-14-11-20-19(12-15-29-20)23(25)17-7-9-18(28-3)10-8-17/h7-10,12,15,23H,4-6,11,13-14,16H2,1-3H3/t23-/m1/s1. The van der Waals surface area contributed by atoms with E-state index in [1.165, 1.54) is 10.4 Å². The number of methoxy groups -OCH3 is 1. The Morgan fingerprint density at radius 1 is 1.21 bits per heavy atom. The highest BCUT2D eigenvalue weighted by molar-refractivity contribution is 7.10. The number of ether oxygens (including phenoxy) is 1. The van der Waals surface area contributed by atoms with Crippen LogP contribution in [0.1, 0.15) is 55.2 Å². The van der Waals surface area contributed by atoms with Gasteiger partial charge in [0, 0.05) is 24.4 Å². The van der Waals surface area contributed by atoms with Crippen LogP contribution in [0.25, 0.3) is 0 Å². The number of hydrogen-bond donors (Lipinski definition) is 0. The summed E-state index contributed by atoms with van der Waals surface area (Å²) in [6.07, 6.45) is 3.20. The average Bonchev–Trinajstić information content (AvgIpc) is 3.24. The molecule has 0 fully saturated rings. The normalized spacial score (nSPS) is 15.7. The fourth-order valence-electron chi connectivity index (χ4n) is 3.85. The molecule has 1 aliphatic rings. The van der Waals surface area contributed by atoms with E-state index in [4.69, 9.17) is 4.74 Å². The smallest absolute Gasteiger partial charge is 0.242 e. The van der Waals surface area contributed by atoms with Gasteiger partial charge in [-0.1, -0.05) is 32.4 Å². The summed E-state index contributed by atoms with van der Waals surface area (Å²) in [6.45, 7) is 5.41. The van der Waals surface area contributed by atoms with E-state index < -0.39 is 0 Å². The molecule has 1 aromatic heterocycles. The Morgan fingerprint density at radius 3 is 2.62 bits per heavy atom. The van der Waals surface area contributed by atoms with E-state index in [-0.39, 0.29) is 24.4 Å². The number of rotatable bonds is 8. The molecule has 2 amide bonds. The van der Waals surface area contributed by atoms with E-state index in [1.807, 2.05) is 36.1 Å². The van der Waals surface area contributed by atoms with Crippen LogP contribution < -0.4 is 4.74 Å². The number of hydrogen-bond acceptors (Lipinski definition) is 4. The van der Waals surface area contributed by atoms with Crippen molar-refractivity contribution in [2.75, 3.05) is 26.7 Å². The predicted molar refractivity (Wildman–Crippen MR) is 116 cm³/mol. The molecule has 6 heteroatoms. The summed E-state index contributed by atoms with van der Waals surface area (Å²) in [5.74, 6) is 0.855. The van der Waals surface area contributed by atoms with E-state index in [0.717, 1.165) is 30.6 Å². The Bertz CT molecular complexity index is 831. The number of amides is 2. The zero-order valence-electron chi connectivity index (χ0n) is 17.5. The average molecular weight is 415 g/mol. The van der Waals surface area contributed by atoms with Crippen LogP contribution in [0.5, 0.6) is 5.75 Å². The van der Waals surface area contributed by atoms with E-state index in [0.29, 0.717) is 19.5 Å². The molecule has 1 aromatic carbocycles. The minimum absolute atomic E-state index is 0.0144. The van der Waals surface area contributed by atoms with Crippen LogP contribution in [0.2, 0.25) is 0 Å². The third kappa shape index (κ3) is 4.81. The molecule has 156 valence electrons. The molecule has 1 atom stereocenters. The second-order valence-electron chi connectivity index (χ2n) is 7.33. The molecule has 0 bridgehead atoms. The molecular weight excluding hydrogens is 384 g/mol. The summed E-state index contributed by atoms with van der Waals surface area (Å²) < 4.78 is 5.29. The summed E-state index contributed by atoms with van der Waals surface area (Å²) in [7, 11) is 1.65. The van der Waals surface area contributed by atoms with Crippen LogP contribution in [0.3, 0.4) is 0 Å². The lowest BCUT2D eigenvalue weighted by molar-refractivity contribution is -0.141. The summed E-state index contributed by atoms with van der Waals surface area (Å²) >= 11 is 1.75. The third-order valence-corrected chi connectivity index (χ3v) is 6.48. The fourth-order valence-corrected chi connectivity index (χ4v) is 4.75. The minimum Gasteiger partial charge on any atom is -0.497 e. The molecular formula is C23H30N2O3S. The molecule has 0 aliphatic carbocycles. The molecule has 2 aromatic rings. The van der Waals surface area contributed by atoms with Crippen molar-refractivity contribution >= 4 is 23.2 Å². The van der Waals surface area contributed by atoms with Gasteiger partial charge < -0.3 is 14.5 Å². The fraction of sp³-hybridized carbons (Fsp3) is 0.478. The highest BCUT2D eigenvalue weighted by atomic mass is 32.1. The Labute approximate surface area is 177 Å². The molecule has 1 aliphatic heterocycles. The Kier molecular flexibility index (Phi) is 7.31. The van der Waals surface area contributed by atoms with Gasteiger partial charge in [-0.2, -0.15) is 0 Å². The largest absolute Gasteiger partial charge is 0.497 e. The Balaban J connectivity index is 1.87. The number of unbranched alkanes of at least 4 members (excludes halogenated alkanes) is 1. The van der Waals surface area contributed by atoms with Crippen LogP contribution in [0.4, 0.5) is 0 Å². The van der Waals surface area contributed by atoms with Crippen molar-refractivity contribution in [2.45, 2.75) is 45.6 Å². The monoisotopic (exact) mass is 414 g/mol. The molecule has 2 heterocycles. The molecule has 29 heavy (non-hydrogen) atoms. The molecule has 0 saturated carbocycles. The van der Waals surface area contributed by atoms with Gasteiger partial charge in [0.1, 0.15) is 5.75 Å². The maximum absolute atomic E-state index is 13.3. The third-order valence-electron chi connectivity index (χ3n) is 5.48. The maximum Gasteiger partial charge on any atom is 0.242 e. The zero-order chi connectivity index (χ0) is 20.8. The zero-order valence-corrected chi connectivity index (χ0v) is 18.3. The lowest BCUT2D eigenvalue weighted by Crippen LogP contribution is -2.46. The van der Waals surface area contributed by atoms with Gasteiger partial charge in [0.05, 0.1) is 19.7 Å². The molecule has 0 radical (unpaired) electrons. The van der Waals surface area contributed by atoms with Crippen LogP contribution in [0, 0.1) is 0 Å². The number of benzene rings is 1. The van der Waals surface area contributed by atoms with Gasteiger partial charge in [0.15, 0.2) is 0 Å². The lowest BCUT2D eigenvalue weighted by Gasteiger charge is -2.37. The first-order valence-corrected chi connectivity index (χ1v) is 11.2. The van der Waals surface area contributed by atoms with E-state index in [1.54, 1.807) is 23.3 Å². The highest BCUT2D eigenvalue weighted by Crippen LogP contribution is 2.38. The van der Waals surface area contributed by atoms with Crippen molar-refractivity contribution in [3.63, 3.8) is 0 Å². The van der Waals surface area contributed by atoms with Gasteiger partial charge in [-0.3, -0.25) is 9.59 Å². The lowest BCUT2D eigenvalue weighted by atomic mass is 9.93. The van der Waals surface area contributed by atoms with Gasteiger partial charge >= 0.3 is 0 Å². The van der Waals surface area contributed by atoms with E-state index in [2.05, 4.69) is 18.4 Å². The van der Waals surface area contributed by atoms with Crippen molar-refractivity contribution in [3.8, 4) is 5.75 Å². The summed E-state index contributed by atoms with van der Waals surface area (Å²) in [4.78, 5) is 30.7. The second-order valence-corrected chi connectivity index (χ2v) is 8.34. The first-order valence-electron chi connectivity index (χ1n) is 10.4. The van der Waals surface area contributed by atoms with Crippen molar-refractivity contribution in [3.05, 3.63) is 51.7 Å². The van der Waals surface area contributed by atoms with Gasteiger partial charge in [-0.25, -0.2) is 0 Å². The minimum atomic E-state index is -0.117. The van der Waals surface area contributed by atoms with Crippen molar-refractivity contribution in [2.24, 2.45) is 0 Å². The first kappa shape index (κ1) is 21.4. The molecule has 3 rings (SSSR count). The van der Waals surface area contributed by atoms with Crippen molar-refractivity contribution < 1.29 is 14.3 Å². The number of nitrogens with zero attached hydrogens (tertiary/aromatic N) is 2. The van der Waals surface area contributed by atoms with Crippen LogP contribution in [-0.2, 0) is 16.0 Å². The number of carbonyl (C=O) groups is 2. The molecule has 0 N–H and O–H groups in total. The van der Waals surface area contributed by atoms with Crippen molar-refractivity contribution in [1.82, 2.24) is 9.80 Å². The maximum atomic E-state index is 13.3. The van der Waals surface area contributed by atoms with E-state index in [9.17, 15) is 9.59 Å². The molecule has 0 spiro atoms. The Morgan fingerprint density at radius 2 is 1.97 bits per heavy atom. The topological polar surface area (TPSA) is 49.9 Å². The summed E-state index contributed by atoms with van der Waals surface area (Å²) in [5.41, 5.74) is 2.27. The number of fused-ring (bicyclic) bond motifs is 1. The second kappa shape index (κ2) is 9.92. The van der Waals surface area contributed by atoms with Crippen LogP contribution >= 0.6 is 11.3 Å². The van der Waals surface area contributed by atoms with Gasteiger partial charge in [-0.15, -0.1) is 11.3 Å². The van der Waals surface area contributed by atoms with Gasteiger partial charge in [-0.05, 0) is 47.5 Å². The molecule has 0 unspecified atom stereocenters. The SMILES string of the molecule is CCCCN(CC(=O)N1CCc2sccc2[C@H]1c1ccc(OC)cc1)C(=O)CC. The van der Waals surface area contributed by atoms with Crippen LogP contribution in [-0.4, -0.2) is 48.4 Å². The highest BCUT2D eigenvalue weighted by Gasteiger charge is 2.33. The van der Waals surface area contributed by atoms with Crippen LogP contribution in [0.15, 0.2) is 35.7 Å². The number of carbonyl (C=O) groups excluding carboxylic acids is 2. The summed E-state index contributed by atoms with van der Waals surface area (Å²) in [6, 6.07) is 9.94. The van der Waals surface area contributed by atoms with Gasteiger partial charge in [0.2, 0.25) is 11.8 Å².